The minimum absolute atomic E-state index is 0.0937. The molecule has 0 radical (unpaired) electrons. The van der Waals surface area contributed by atoms with Crippen molar-refractivity contribution in [3.8, 4) is 11.3 Å². The van der Waals surface area contributed by atoms with Crippen LogP contribution in [0.1, 0.15) is 19.4 Å². The zero-order valence-corrected chi connectivity index (χ0v) is 22.1. The van der Waals surface area contributed by atoms with Crippen LogP contribution in [0.2, 0.25) is 0 Å². The number of carbonyl (C=O) groups excluding carboxylic acids is 2. The van der Waals surface area contributed by atoms with Crippen LogP contribution in [-0.4, -0.2) is 47.7 Å². The Kier molecular flexibility index (Phi) is 10.6. The van der Waals surface area contributed by atoms with Crippen LogP contribution in [-0.2, 0) is 20.9 Å². The number of carbonyl (C=O) groups is 2. The van der Waals surface area contributed by atoms with Gasteiger partial charge in [0.2, 0.25) is 0 Å². The van der Waals surface area contributed by atoms with E-state index in [0.29, 0.717) is 11.0 Å². The second-order valence-corrected chi connectivity index (χ2v) is 9.10. The summed E-state index contributed by atoms with van der Waals surface area (Å²) < 4.78 is 67.6. The summed E-state index contributed by atoms with van der Waals surface area (Å²) in [4.78, 5) is 28.9. The molecule has 1 aromatic heterocycles. The molecule has 0 spiro atoms. The predicted molar refractivity (Wildman–Crippen MR) is 140 cm³/mol. The van der Waals surface area contributed by atoms with E-state index in [9.17, 15) is 32.3 Å². The number of aromatic nitrogens is 1. The summed E-state index contributed by atoms with van der Waals surface area (Å²) in [5.41, 5.74) is 10.2. The number of para-hydroxylation sites is 1. The fraction of sp³-hybridized carbons (Fsp3) is 0.296. The standard InChI is InChI=1S/C27H29F4N5O5/c1-14(2)22(32)25(37)40-11-10-34-27(39)41-13-15-6-9-21(35-23(15)17-8-7-16(28)12-20(17)31)36(26(33)38)24-18(29)4-3-5-19(24)30/h3-9,12,14,22,26,38H,10-11,13,32-33H2,1-2H3,(H,34,39)/t22-,26?/m0/s1. The minimum atomic E-state index is -1.98. The van der Waals surface area contributed by atoms with E-state index in [2.05, 4.69) is 10.3 Å². The Labute approximate surface area is 232 Å². The summed E-state index contributed by atoms with van der Waals surface area (Å²) >= 11 is 0. The average molecular weight is 580 g/mol. The Morgan fingerprint density at radius 1 is 1.00 bits per heavy atom. The van der Waals surface area contributed by atoms with Crippen LogP contribution in [0.15, 0.2) is 48.5 Å². The number of aliphatic hydroxyl groups excluding tert-OH is 1. The number of halogens is 4. The Morgan fingerprint density at radius 2 is 1.68 bits per heavy atom. The van der Waals surface area contributed by atoms with Crippen molar-refractivity contribution in [3.63, 3.8) is 0 Å². The van der Waals surface area contributed by atoms with Gasteiger partial charge in [0.25, 0.3) is 0 Å². The molecule has 6 N–H and O–H groups in total. The highest BCUT2D eigenvalue weighted by molar-refractivity contribution is 5.76. The van der Waals surface area contributed by atoms with Crippen LogP contribution < -0.4 is 21.7 Å². The lowest BCUT2D eigenvalue weighted by Crippen LogP contribution is -2.40. The molecule has 0 bridgehead atoms. The number of ether oxygens (including phenoxy) is 2. The van der Waals surface area contributed by atoms with Gasteiger partial charge in [-0.1, -0.05) is 19.9 Å². The van der Waals surface area contributed by atoms with Gasteiger partial charge in [0, 0.05) is 17.2 Å². The Balaban J connectivity index is 1.84. The second-order valence-electron chi connectivity index (χ2n) is 9.10. The molecule has 0 aliphatic heterocycles. The van der Waals surface area contributed by atoms with Crippen LogP contribution in [0.3, 0.4) is 0 Å². The lowest BCUT2D eigenvalue weighted by atomic mass is 10.1. The summed E-state index contributed by atoms with van der Waals surface area (Å²) in [7, 11) is 0. The van der Waals surface area contributed by atoms with Crippen molar-refractivity contribution in [3.05, 3.63) is 77.4 Å². The Hall–Kier alpha value is -4.27. The molecule has 0 fully saturated rings. The van der Waals surface area contributed by atoms with E-state index < -0.39 is 60.0 Å². The number of nitrogens with zero attached hydrogens (tertiary/aromatic N) is 2. The van der Waals surface area contributed by atoms with E-state index in [1.165, 1.54) is 12.1 Å². The van der Waals surface area contributed by atoms with Crippen LogP contribution in [0.5, 0.6) is 0 Å². The number of nitrogens with two attached hydrogens (primary N) is 2. The SMILES string of the molecule is CC(C)[C@H](N)C(=O)OCCNC(=O)OCc1ccc(N(c2c(F)cccc2F)C(N)O)nc1-c1ccc(F)cc1F. The van der Waals surface area contributed by atoms with Crippen LogP contribution in [0.4, 0.5) is 33.9 Å². The number of pyridine rings is 1. The van der Waals surface area contributed by atoms with Crippen molar-refractivity contribution >= 4 is 23.6 Å². The van der Waals surface area contributed by atoms with Crippen molar-refractivity contribution in [1.29, 1.82) is 0 Å². The highest BCUT2D eigenvalue weighted by Gasteiger charge is 2.26. The van der Waals surface area contributed by atoms with Gasteiger partial charge in [-0.15, -0.1) is 0 Å². The third-order valence-corrected chi connectivity index (χ3v) is 5.81. The molecule has 0 saturated heterocycles. The molecule has 3 aromatic rings. The van der Waals surface area contributed by atoms with Gasteiger partial charge in [0.05, 0.1) is 12.2 Å². The first kappa shape index (κ1) is 31.3. The fourth-order valence-corrected chi connectivity index (χ4v) is 3.61. The Morgan fingerprint density at radius 3 is 2.29 bits per heavy atom. The van der Waals surface area contributed by atoms with E-state index >= 15 is 0 Å². The topological polar surface area (TPSA) is 153 Å². The number of aliphatic hydroxyl groups is 1. The quantitative estimate of drug-likeness (QED) is 0.116. The summed E-state index contributed by atoms with van der Waals surface area (Å²) in [6.07, 6.45) is -2.90. The number of hydrogen-bond acceptors (Lipinski definition) is 9. The molecule has 3 rings (SSSR count). The molecule has 1 amide bonds. The average Bonchev–Trinajstić information content (AvgIpc) is 2.91. The molecule has 10 nitrogen and oxygen atoms in total. The molecule has 2 aromatic carbocycles. The van der Waals surface area contributed by atoms with Gasteiger partial charge in [0.1, 0.15) is 54.0 Å². The third-order valence-electron chi connectivity index (χ3n) is 5.81. The van der Waals surface area contributed by atoms with Crippen molar-refractivity contribution in [2.75, 3.05) is 18.1 Å². The number of nitrogens with one attached hydrogen (secondary N) is 1. The molecule has 2 atom stereocenters. The zero-order chi connectivity index (χ0) is 30.3. The Bertz CT molecular complexity index is 1370. The number of hydrogen-bond donors (Lipinski definition) is 4. The fourth-order valence-electron chi connectivity index (χ4n) is 3.61. The largest absolute Gasteiger partial charge is 0.463 e. The monoisotopic (exact) mass is 579 g/mol. The van der Waals surface area contributed by atoms with E-state index in [4.69, 9.17) is 20.9 Å². The number of alkyl carbamates (subject to hydrolysis) is 1. The van der Waals surface area contributed by atoms with E-state index in [1.807, 2.05) is 0 Å². The van der Waals surface area contributed by atoms with Gasteiger partial charge >= 0.3 is 12.1 Å². The highest BCUT2D eigenvalue weighted by atomic mass is 19.1. The smallest absolute Gasteiger partial charge is 0.407 e. The number of esters is 1. The third kappa shape index (κ3) is 7.90. The van der Waals surface area contributed by atoms with Gasteiger partial charge in [-0.05, 0) is 42.3 Å². The van der Waals surface area contributed by atoms with Crippen molar-refractivity contribution in [1.82, 2.24) is 10.3 Å². The van der Waals surface area contributed by atoms with E-state index in [0.717, 1.165) is 30.3 Å². The molecule has 1 unspecified atom stereocenters. The van der Waals surface area contributed by atoms with Crippen LogP contribution >= 0.6 is 0 Å². The molecular formula is C27H29F4N5O5. The highest BCUT2D eigenvalue weighted by Crippen LogP contribution is 2.34. The maximum absolute atomic E-state index is 14.8. The van der Waals surface area contributed by atoms with Gasteiger partial charge in [-0.2, -0.15) is 0 Å². The van der Waals surface area contributed by atoms with Gasteiger partial charge in [-0.3, -0.25) is 15.4 Å². The maximum Gasteiger partial charge on any atom is 0.407 e. The van der Waals surface area contributed by atoms with Gasteiger partial charge < -0.3 is 25.6 Å². The number of amides is 1. The van der Waals surface area contributed by atoms with Gasteiger partial charge in [-0.25, -0.2) is 27.3 Å². The van der Waals surface area contributed by atoms with Crippen molar-refractivity contribution < 1.29 is 41.7 Å². The normalized spacial score (nSPS) is 12.5. The predicted octanol–water partition coefficient (Wildman–Crippen LogP) is 3.43. The van der Waals surface area contributed by atoms with Crippen LogP contribution in [0.25, 0.3) is 11.3 Å². The lowest BCUT2D eigenvalue weighted by molar-refractivity contribution is -0.146. The number of benzene rings is 2. The summed E-state index contributed by atoms with van der Waals surface area (Å²) in [5, 5.41) is 12.5. The molecular weight excluding hydrogens is 550 g/mol. The first-order valence-corrected chi connectivity index (χ1v) is 12.4. The number of rotatable bonds is 11. The van der Waals surface area contributed by atoms with Crippen molar-refractivity contribution in [2.24, 2.45) is 17.4 Å². The minimum Gasteiger partial charge on any atom is -0.463 e. The first-order chi connectivity index (χ1) is 19.4. The molecule has 220 valence electrons. The summed E-state index contributed by atoms with van der Waals surface area (Å²) in [6.45, 7) is 2.78. The first-order valence-electron chi connectivity index (χ1n) is 12.4. The zero-order valence-electron chi connectivity index (χ0n) is 22.1. The molecule has 1 heterocycles. The second kappa shape index (κ2) is 13.9. The van der Waals surface area contributed by atoms with E-state index in [1.54, 1.807) is 13.8 Å². The molecule has 41 heavy (non-hydrogen) atoms. The molecule has 0 aliphatic rings. The van der Waals surface area contributed by atoms with E-state index in [-0.39, 0.29) is 41.7 Å². The summed E-state index contributed by atoms with van der Waals surface area (Å²) in [6, 6.07) is 7.32. The maximum atomic E-state index is 14.8. The summed E-state index contributed by atoms with van der Waals surface area (Å²) in [5.74, 6) is -5.08. The molecule has 0 aliphatic carbocycles. The van der Waals surface area contributed by atoms with Crippen molar-refractivity contribution in [2.45, 2.75) is 32.8 Å². The number of anilines is 2. The molecule has 0 saturated carbocycles. The van der Waals surface area contributed by atoms with Gasteiger partial charge in [0.15, 0.2) is 6.35 Å². The molecule has 14 heteroatoms. The van der Waals surface area contributed by atoms with Crippen LogP contribution in [0, 0.1) is 29.2 Å². The lowest BCUT2D eigenvalue weighted by Gasteiger charge is -2.28.